The van der Waals surface area contributed by atoms with E-state index in [-0.39, 0.29) is 23.5 Å². The predicted molar refractivity (Wildman–Crippen MR) is 106 cm³/mol. The number of carbonyl (C=O) groups excluding carboxylic acids is 1. The highest BCUT2D eigenvalue weighted by molar-refractivity contribution is 5.81. The molecule has 0 unspecified atom stereocenters. The van der Waals surface area contributed by atoms with Crippen molar-refractivity contribution in [2.45, 2.75) is 37.3 Å². The molecular formula is C22H25N3O3. The van der Waals surface area contributed by atoms with Crippen molar-refractivity contribution in [3.05, 3.63) is 64.1 Å². The van der Waals surface area contributed by atoms with Gasteiger partial charge in [-0.3, -0.25) is 14.2 Å². The molecule has 4 atom stereocenters. The summed E-state index contributed by atoms with van der Waals surface area (Å²) >= 11 is 0. The number of piperidine rings is 1. The Morgan fingerprint density at radius 3 is 3.00 bits per heavy atom. The Hall–Kier alpha value is -2.60. The summed E-state index contributed by atoms with van der Waals surface area (Å²) in [6, 6.07) is 12.9. The van der Waals surface area contributed by atoms with E-state index in [1.54, 1.807) is 16.7 Å². The first-order chi connectivity index (χ1) is 13.7. The Kier molecular flexibility index (Phi) is 4.43. The standard InChI is InChI=1S/C22H25N3O3/c26-20-7-3-5-18-15-10-16(12-23-11-15)21(25(18)20)22(27)24-13-17-9-8-14-4-1-2-6-19(14)28-17/h1-7,15-17,21,23H,8-13H2,(H,24,27)/t15-,16+,17-,21-/m1/s1. The molecule has 2 N–H and O–H groups in total. The number of fused-ring (bicyclic) bond motifs is 5. The average molecular weight is 379 g/mol. The minimum atomic E-state index is -0.455. The van der Waals surface area contributed by atoms with Gasteiger partial charge in [-0.1, -0.05) is 24.3 Å². The second-order valence-electron chi connectivity index (χ2n) is 8.09. The van der Waals surface area contributed by atoms with Crippen LogP contribution >= 0.6 is 0 Å². The van der Waals surface area contributed by atoms with Crippen LogP contribution in [-0.4, -0.2) is 36.2 Å². The lowest BCUT2D eigenvalue weighted by Crippen LogP contribution is -2.53. The summed E-state index contributed by atoms with van der Waals surface area (Å²) in [6.07, 6.45) is 2.75. The molecule has 4 heterocycles. The van der Waals surface area contributed by atoms with Gasteiger partial charge in [-0.25, -0.2) is 0 Å². The first-order valence-corrected chi connectivity index (χ1v) is 10.1. The number of para-hydroxylation sites is 1. The van der Waals surface area contributed by atoms with Crippen LogP contribution in [-0.2, 0) is 11.2 Å². The van der Waals surface area contributed by atoms with E-state index >= 15 is 0 Å². The van der Waals surface area contributed by atoms with Crippen LogP contribution in [0.2, 0.25) is 0 Å². The van der Waals surface area contributed by atoms with E-state index in [9.17, 15) is 9.59 Å². The van der Waals surface area contributed by atoms with Crippen molar-refractivity contribution in [1.82, 2.24) is 15.2 Å². The summed E-state index contributed by atoms with van der Waals surface area (Å²) < 4.78 is 7.78. The summed E-state index contributed by atoms with van der Waals surface area (Å²) in [5.41, 5.74) is 2.10. The molecule has 146 valence electrons. The number of carbonyl (C=O) groups is 1. The topological polar surface area (TPSA) is 72.4 Å². The molecule has 0 radical (unpaired) electrons. The van der Waals surface area contributed by atoms with Gasteiger partial charge in [-0.2, -0.15) is 0 Å². The van der Waals surface area contributed by atoms with Crippen molar-refractivity contribution in [1.29, 1.82) is 0 Å². The molecule has 2 bridgehead atoms. The van der Waals surface area contributed by atoms with Gasteiger partial charge in [-0.15, -0.1) is 0 Å². The van der Waals surface area contributed by atoms with E-state index < -0.39 is 6.04 Å². The molecule has 6 nitrogen and oxygen atoms in total. The van der Waals surface area contributed by atoms with Crippen LogP contribution in [0.15, 0.2) is 47.3 Å². The van der Waals surface area contributed by atoms with Crippen LogP contribution in [0.4, 0.5) is 0 Å². The highest BCUT2D eigenvalue weighted by Gasteiger charge is 2.41. The Bertz CT molecular complexity index is 954. The molecule has 6 heteroatoms. The number of ether oxygens (including phenoxy) is 1. The number of aryl methyl sites for hydroxylation is 1. The van der Waals surface area contributed by atoms with E-state index in [2.05, 4.69) is 16.7 Å². The van der Waals surface area contributed by atoms with Gasteiger partial charge in [0.1, 0.15) is 17.9 Å². The molecular weight excluding hydrogens is 354 g/mol. The summed E-state index contributed by atoms with van der Waals surface area (Å²) in [7, 11) is 0. The van der Waals surface area contributed by atoms with Crippen molar-refractivity contribution in [3.63, 3.8) is 0 Å². The molecule has 1 aromatic carbocycles. The van der Waals surface area contributed by atoms with Gasteiger partial charge >= 0.3 is 0 Å². The lowest BCUT2D eigenvalue weighted by atomic mass is 9.79. The highest BCUT2D eigenvalue weighted by atomic mass is 16.5. The fourth-order valence-electron chi connectivity index (χ4n) is 4.97. The maximum absolute atomic E-state index is 13.1. The number of nitrogens with zero attached hydrogens (tertiary/aromatic N) is 1. The van der Waals surface area contributed by atoms with Gasteiger partial charge in [-0.05, 0) is 37.0 Å². The summed E-state index contributed by atoms with van der Waals surface area (Å²) in [4.78, 5) is 25.7. The van der Waals surface area contributed by atoms with Gasteiger partial charge in [0.15, 0.2) is 0 Å². The zero-order valence-electron chi connectivity index (χ0n) is 15.8. The number of nitrogens with one attached hydrogen (secondary N) is 2. The molecule has 3 aliphatic rings. The highest BCUT2D eigenvalue weighted by Crippen LogP contribution is 2.38. The molecule has 0 spiro atoms. The molecule has 1 aromatic heterocycles. The third kappa shape index (κ3) is 3.02. The Morgan fingerprint density at radius 2 is 2.07 bits per heavy atom. The molecule has 28 heavy (non-hydrogen) atoms. The number of amides is 1. The Labute approximate surface area is 163 Å². The summed E-state index contributed by atoms with van der Waals surface area (Å²) in [5, 5.41) is 6.50. The minimum absolute atomic E-state index is 0.0355. The zero-order chi connectivity index (χ0) is 19.1. The van der Waals surface area contributed by atoms with E-state index in [0.29, 0.717) is 12.5 Å². The van der Waals surface area contributed by atoms with Crippen molar-refractivity contribution < 1.29 is 9.53 Å². The van der Waals surface area contributed by atoms with Crippen LogP contribution in [0.5, 0.6) is 5.75 Å². The van der Waals surface area contributed by atoms with Crippen molar-refractivity contribution in [2.24, 2.45) is 5.92 Å². The van der Waals surface area contributed by atoms with Gasteiger partial charge in [0.25, 0.3) is 5.56 Å². The lowest BCUT2D eigenvalue weighted by molar-refractivity contribution is -0.127. The molecule has 0 saturated carbocycles. The SMILES string of the molecule is O=C(NC[C@H]1CCc2ccccc2O1)[C@H]1[C@@H]2CNC[C@@H](C2)c2cccc(=O)n21. The van der Waals surface area contributed by atoms with Crippen molar-refractivity contribution in [2.75, 3.05) is 19.6 Å². The lowest BCUT2D eigenvalue weighted by Gasteiger charge is -2.42. The monoisotopic (exact) mass is 379 g/mol. The molecule has 5 rings (SSSR count). The van der Waals surface area contributed by atoms with Gasteiger partial charge in [0.2, 0.25) is 5.91 Å². The second kappa shape index (κ2) is 7.09. The Balaban J connectivity index is 1.33. The molecule has 0 aliphatic carbocycles. The third-order valence-corrected chi connectivity index (χ3v) is 6.32. The summed E-state index contributed by atoms with van der Waals surface area (Å²) in [6.45, 7) is 2.09. The smallest absolute Gasteiger partial charge is 0.251 e. The van der Waals surface area contributed by atoms with Crippen molar-refractivity contribution in [3.8, 4) is 5.75 Å². The van der Waals surface area contributed by atoms with Crippen LogP contribution in [0.1, 0.15) is 36.1 Å². The number of pyridine rings is 1. The van der Waals surface area contributed by atoms with E-state index in [0.717, 1.165) is 43.8 Å². The van der Waals surface area contributed by atoms with Crippen LogP contribution in [0.3, 0.4) is 0 Å². The minimum Gasteiger partial charge on any atom is -0.488 e. The molecule has 1 fully saturated rings. The number of hydrogen-bond donors (Lipinski definition) is 2. The fraction of sp³-hybridized carbons (Fsp3) is 0.455. The number of aromatic nitrogens is 1. The quantitative estimate of drug-likeness (QED) is 0.850. The van der Waals surface area contributed by atoms with Crippen LogP contribution in [0.25, 0.3) is 0 Å². The van der Waals surface area contributed by atoms with Gasteiger partial charge < -0.3 is 15.4 Å². The van der Waals surface area contributed by atoms with Gasteiger partial charge in [0.05, 0.1) is 6.54 Å². The number of rotatable bonds is 3. The fourth-order valence-corrected chi connectivity index (χ4v) is 4.97. The van der Waals surface area contributed by atoms with Crippen LogP contribution < -0.4 is 20.9 Å². The molecule has 1 saturated heterocycles. The number of benzene rings is 1. The largest absolute Gasteiger partial charge is 0.488 e. The maximum atomic E-state index is 13.1. The zero-order valence-corrected chi connectivity index (χ0v) is 15.8. The first-order valence-electron chi connectivity index (χ1n) is 10.1. The normalized spacial score (nSPS) is 27.9. The third-order valence-electron chi connectivity index (χ3n) is 6.32. The first kappa shape index (κ1) is 17.5. The molecule has 1 amide bonds. The van der Waals surface area contributed by atoms with Crippen LogP contribution in [0, 0.1) is 5.92 Å². The predicted octanol–water partition coefficient (Wildman–Crippen LogP) is 1.61. The van der Waals surface area contributed by atoms with Gasteiger partial charge in [0, 0.05) is 36.7 Å². The molecule has 3 aliphatic heterocycles. The second-order valence-corrected chi connectivity index (χ2v) is 8.09. The van der Waals surface area contributed by atoms with Crippen molar-refractivity contribution >= 4 is 5.91 Å². The van der Waals surface area contributed by atoms with E-state index in [1.165, 1.54) is 5.56 Å². The van der Waals surface area contributed by atoms with E-state index in [1.807, 2.05) is 24.3 Å². The van der Waals surface area contributed by atoms with E-state index in [4.69, 9.17) is 4.74 Å². The summed E-state index contributed by atoms with van der Waals surface area (Å²) in [5.74, 6) is 1.27. The number of hydrogen-bond acceptors (Lipinski definition) is 4. The Morgan fingerprint density at radius 1 is 1.18 bits per heavy atom. The maximum Gasteiger partial charge on any atom is 0.251 e. The molecule has 2 aromatic rings. The average Bonchev–Trinajstić information content (AvgIpc) is 2.73.